The van der Waals surface area contributed by atoms with Crippen molar-refractivity contribution in [1.29, 1.82) is 0 Å². The lowest BCUT2D eigenvalue weighted by atomic mass is 10.1. The monoisotopic (exact) mass is 368 g/mol. The van der Waals surface area contributed by atoms with E-state index in [1.807, 2.05) is 31.2 Å². The highest BCUT2D eigenvalue weighted by atomic mass is 79.9. The van der Waals surface area contributed by atoms with Gasteiger partial charge in [0.05, 0.1) is 10.2 Å². The average molecular weight is 370 g/mol. The maximum Gasteiger partial charge on any atom is 0.243 e. The van der Waals surface area contributed by atoms with Crippen LogP contribution >= 0.6 is 31.9 Å². The predicted octanol–water partition coefficient (Wildman–Crippen LogP) is 3.84. The Hall–Kier alpha value is -1.27. The van der Waals surface area contributed by atoms with Crippen molar-refractivity contribution in [1.82, 2.24) is 9.97 Å². The van der Waals surface area contributed by atoms with Crippen molar-refractivity contribution in [3.63, 3.8) is 0 Å². The molecule has 0 saturated carbocycles. The van der Waals surface area contributed by atoms with Crippen LogP contribution in [0.2, 0.25) is 0 Å². The third-order valence-electron chi connectivity index (χ3n) is 2.21. The number of benzene rings is 1. The summed E-state index contributed by atoms with van der Waals surface area (Å²) in [4.78, 5) is 8.15. The van der Waals surface area contributed by atoms with Crippen LogP contribution in [0.15, 0.2) is 50.7 Å². The fourth-order valence-electron chi connectivity index (χ4n) is 1.26. The first-order valence-electron chi connectivity index (χ1n) is 5.19. The molecule has 18 heavy (non-hydrogen) atoms. The largest absolute Gasteiger partial charge is 0.245 e. The number of hydrogen-bond donors (Lipinski definition) is 1. The van der Waals surface area contributed by atoms with Crippen molar-refractivity contribution in [3.05, 3.63) is 51.2 Å². The first-order valence-corrected chi connectivity index (χ1v) is 6.77. The Labute approximate surface area is 122 Å². The average Bonchev–Trinajstić information content (AvgIpc) is 2.38. The van der Waals surface area contributed by atoms with Gasteiger partial charge in [0.25, 0.3) is 0 Å². The number of nitrogens with one attached hydrogen (secondary N) is 1. The van der Waals surface area contributed by atoms with Crippen molar-refractivity contribution >= 4 is 43.5 Å². The first kappa shape index (κ1) is 13.2. The maximum atomic E-state index is 4.24. The van der Waals surface area contributed by atoms with E-state index in [0.29, 0.717) is 5.95 Å². The molecule has 0 amide bonds. The zero-order valence-electron chi connectivity index (χ0n) is 9.56. The van der Waals surface area contributed by atoms with Crippen LogP contribution < -0.4 is 5.43 Å². The molecule has 1 heterocycles. The molecule has 0 bridgehead atoms. The molecule has 0 aliphatic heterocycles. The summed E-state index contributed by atoms with van der Waals surface area (Å²) in [6, 6.07) is 7.94. The summed E-state index contributed by atoms with van der Waals surface area (Å²) in [7, 11) is 0. The highest BCUT2D eigenvalue weighted by Gasteiger charge is 1.98. The number of nitrogens with zero attached hydrogens (tertiary/aromatic N) is 3. The minimum absolute atomic E-state index is 0.467. The second-order valence-corrected chi connectivity index (χ2v) is 5.37. The van der Waals surface area contributed by atoms with Gasteiger partial charge in [0, 0.05) is 16.9 Å². The molecular weight excluding hydrogens is 360 g/mol. The highest BCUT2D eigenvalue weighted by molar-refractivity contribution is 9.10. The minimum atomic E-state index is 0.467. The molecule has 1 N–H and O–H groups in total. The lowest BCUT2D eigenvalue weighted by Crippen LogP contribution is -2.01. The van der Waals surface area contributed by atoms with Crippen LogP contribution in [0.4, 0.5) is 5.95 Å². The van der Waals surface area contributed by atoms with Crippen LogP contribution in [0.3, 0.4) is 0 Å². The van der Waals surface area contributed by atoms with E-state index in [1.165, 1.54) is 0 Å². The van der Waals surface area contributed by atoms with Gasteiger partial charge in [-0.1, -0.05) is 28.1 Å². The molecule has 2 aromatic rings. The van der Waals surface area contributed by atoms with Gasteiger partial charge in [0.15, 0.2) is 0 Å². The van der Waals surface area contributed by atoms with E-state index in [9.17, 15) is 0 Å². The molecule has 0 atom stereocenters. The Morgan fingerprint density at radius 2 is 1.67 bits per heavy atom. The zero-order valence-corrected chi connectivity index (χ0v) is 12.7. The van der Waals surface area contributed by atoms with Gasteiger partial charge in [-0.05, 0) is 40.5 Å². The third-order valence-corrected chi connectivity index (χ3v) is 3.14. The van der Waals surface area contributed by atoms with Crippen molar-refractivity contribution in [2.24, 2.45) is 5.10 Å². The van der Waals surface area contributed by atoms with Gasteiger partial charge in [-0.15, -0.1) is 0 Å². The molecule has 0 fully saturated rings. The number of rotatable bonds is 3. The highest BCUT2D eigenvalue weighted by Crippen LogP contribution is 2.11. The molecule has 0 unspecified atom stereocenters. The van der Waals surface area contributed by atoms with Gasteiger partial charge in [0.2, 0.25) is 5.95 Å². The van der Waals surface area contributed by atoms with E-state index in [4.69, 9.17) is 0 Å². The van der Waals surface area contributed by atoms with E-state index in [2.05, 4.69) is 52.4 Å². The van der Waals surface area contributed by atoms with E-state index < -0.39 is 0 Å². The molecule has 0 spiro atoms. The molecule has 6 heteroatoms. The Kier molecular flexibility index (Phi) is 4.43. The van der Waals surface area contributed by atoms with E-state index in [0.717, 1.165) is 20.2 Å². The SMILES string of the molecule is C/C(=N/Nc1ncc(Br)cn1)c1ccc(Br)cc1. The quantitative estimate of drug-likeness (QED) is 0.660. The van der Waals surface area contributed by atoms with Gasteiger partial charge in [-0.25, -0.2) is 15.4 Å². The van der Waals surface area contributed by atoms with Crippen LogP contribution in [0.5, 0.6) is 0 Å². The van der Waals surface area contributed by atoms with E-state index >= 15 is 0 Å². The summed E-state index contributed by atoms with van der Waals surface area (Å²) in [5.41, 5.74) is 4.73. The minimum Gasteiger partial charge on any atom is -0.245 e. The van der Waals surface area contributed by atoms with Crippen LogP contribution in [-0.4, -0.2) is 15.7 Å². The van der Waals surface area contributed by atoms with Gasteiger partial charge in [-0.3, -0.25) is 0 Å². The second kappa shape index (κ2) is 6.06. The van der Waals surface area contributed by atoms with Gasteiger partial charge < -0.3 is 0 Å². The van der Waals surface area contributed by atoms with E-state index in [1.54, 1.807) is 12.4 Å². The molecule has 1 aromatic heterocycles. The second-order valence-electron chi connectivity index (χ2n) is 3.54. The Morgan fingerprint density at radius 3 is 2.28 bits per heavy atom. The number of hydrazone groups is 1. The Bertz CT molecular complexity index is 549. The lowest BCUT2D eigenvalue weighted by molar-refractivity contribution is 1.10. The molecule has 0 aliphatic carbocycles. The topological polar surface area (TPSA) is 50.2 Å². The smallest absolute Gasteiger partial charge is 0.243 e. The molecule has 4 nitrogen and oxygen atoms in total. The van der Waals surface area contributed by atoms with Crippen LogP contribution in [0.1, 0.15) is 12.5 Å². The summed E-state index contributed by atoms with van der Waals surface area (Å²) in [6.07, 6.45) is 3.33. The van der Waals surface area contributed by atoms with Crippen molar-refractivity contribution in [3.8, 4) is 0 Å². The van der Waals surface area contributed by atoms with Gasteiger partial charge >= 0.3 is 0 Å². The molecular formula is C12H10Br2N4. The van der Waals surface area contributed by atoms with Gasteiger partial charge in [0.1, 0.15) is 0 Å². The van der Waals surface area contributed by atoms with Crippen molar-refractivity contribution in [2.75, 3.05) is 5.43 Å². The summed E-state index contributed by atoms with van der Waals surface area (Å²) in [5, 5.41) is 4.24. The number of anilines is 1. The Morgan fingerprint density at radius 1 is 1.06 bits per heavy atom. The molecule has 92 valence electrons. The molecule has 2 rings (SSSR count). The molecule has 0 saturated heterocycles. The number of halogens is 2. The van der Waals surface area contributed by atoms with Crippen LogP contribution in [-0.2, 0) is 0 Å². The summed E-state index contributed by atoms with van der Waals surface area (Å²) >= 11 is 6.67. The van der Waals surface area contributed by atoms with Crippen molar-refractivity contribution in [2.45, 2.75) is 6.92 Å². The summed E-state index contributed by atoms with van der Waals surface area (Å²) < 4.78 is 1.88. The van der Waals surface area contributed by atoms with Crippen LogP contribution in [0, 0.1) is 0 Å². The maximum absolute atomic E-state index is 4.24. The Balaban J connectivity index is 2.09. The zero-order chi connectivity index (χ0) is 13.0. The lowest BCUT2D eigenvalue weighted by Gasteiger charge is -2.02. The number of hydrogen-bond acceptors (Lipinski definition) is 4. The summed E-state index contributed by atoms with van der Waals surface area (Å²) in [5.74, 6) is 0.467. The van der Waals surface area contributed by atoms with Crippen LogP contribution in [0.25, 0.3) is 0 Å². The molecule has 1 aromatic carbocycles. The van der Waals surface area contributed by atoms with Gasteiger partial charge in [-0.2, -0.15) is 5.10 Å². The third kappa shape index (κ3) is 3.61. The fourth-order valence-corrected chi connectivity index (χ4v) is 1.73. The van der Waals surface area contributed by atoms with Crippen molar-refractivity contribution < 1.29 is 0 Å². The predicted molar refractivity (Wildman–Crippen MR) is 79.7 cm³/mol. The summed E-state index contributed by atoms with van der Waals surface area (Å²) in [6.45, 7) is 1.93. The fraction of sp³-hybridized carbons (Fsp3) is 0.0833. The first-order chi connectivity index (χ1) is 8.65. The number of aromatic nitrogens is 2. The standard InChI is InChI=1S/C12H10Br2N4/c1-8(9-2-4-10(13)5-3-9)17-18-12-15-6-11(14)7-16-12/h2-7H,1H3,(H,15,16,18)/b17-8-. The molecule has 0 aliphatic rings. The molecule has 0 radical (unpaired) electrons. The normalized spacial score (nSPS) is 11.4. The van der Waals surface area contributed by atoms with E-state index in [-0.39, 0.29) is 0 Å².